The lowest BCUT2D eigenvalue weighted by atomic mass is 10.2. The summed E-state index contributed by atoms with van der Waals surface area (Å²) in [5.74, 6) is 0.966. The van der Waals surface area contributed by atoms with Crippen molar-refractivity contribution < 1.29 is 13.2 Å². The van der Waals surface area contributed by atoms with Crippen molar-refractivity contribution in [2.24, 2.45) is 0 Å². The van der Waals surface area contributed by atoms with Crippen LogP contribution >= 0.6 is 11.8 Å². The first kappa shape index (κ1) is 22.0. The van der Waals surface area contributed by atoms with Crippen molar-refractivity contribution in [1.29, 1.82) is 0 Å². The number of para-hydroxylation sites is 1. The molecule has 2 aromatic carbocycles. The van der Waals surface area contributed by atoms with E-state index in [2.05, 4.69) is 17.0 Å². The fourth-order valence-corrected chi connectivity index (χ4v) is 5.86. The summed E-state index contributed by atoms with van der Waals surface area (Å²) in [6.45, 7) is 4.00. The van der Waals surface area contributed by atoms with Crippen LogP contribution < -0.4 is 9.80 Å². The van der Waals surface area contributed by atoms with Crippen molar-refractivity contribution in [1.82, 2.24) is 9.21 Å². The number of piperazine rings is 1. The van der Waals surface area contributed by atoms with Crippen molar-refractivity contribution in [3.63, 3.8) is 0 Å². The fraction of sp³-hybridized carbons (Fsp3) is 0.409. The van der Waals surface area contributed by atoms with Gasteiger partial charge in [0.15, 0.2) is 0 Å². The molecule has 4 rings (SSSR count). The second-order valence-corrected chi connectivity index (χ2v) is 11.2. The molecular weight excluding hydrogens is 432 g/mol. The molecule has 1 amide bonds. The SMILES string of the molecule is CN(C)S(=O)(=O)c1ccc2c(c1)N(CC(=O)N1CCN(c3ccccc3)CC1)CCS2. The minimum atomic E-state index is -3.52. The van der Waals surface area contributed by atoms with Crippen LogP contribution in [0.4, 0.5) is 11.4 Å². The van der Waals surface area contributed by atoms with Gasteiger partial charge in [-0.1, -0.05) is 18.2 Å². The number of fused-ring (bicyclic) bond motifs is 1. The number of benzene rings is 2. The highest BCUT2D eigenvalue weighted by molar-refractivity contribution is 7.99. The van der Waals surface area contributed by atoms with Gasteiger partial charge in [0, 0.05) is 63.2 Å². The van der Waals surface area contributed by atoms with Crippen LogP contribution in [0.5, 0.6) is 0 Å². The molecule has 9 heteroatoms. The van der Waals surface area contributed by atoms with Gasteiger partial charge >= 0.3 is 0 Å². The topological polar surface area (TPSA) is 64.2 Å². The first-order valence-electron chi connectivity index (χ1n) is 10.4. The van der Waals surface area contributed by atoms with E-state index >= 15 is 0 Å². The Kier molecular flexibility index (Phi) is 6.45. The Labute approximate surface area is 188 Å². The van der Waals surface area contributed by atoms with E-state index in [1.807, 2.05) is 34.1 Å². The highest BCUT2D eigenvalue weighted by atomic mass is 32.2. The second kappa shape index (κ2) is 9.10. The number of hydrogen-bond donors (Lipinski definition) is 0. The molecule has 0 aromatic heterocycles. The van der Waals surface area contributed by atoms with Gasteiger partial charge in [0.25, 0.3) is 0 Å². The number of amides is 1. The number of carbonyl (C=O) groups is 1. The zero-order valence-corrected chi connectivity index (χ0v) is 19.5. The van der Waals surface area contributed by atoms with Gasteiger partial charge in [-0.15, -0.1) is 11.8 Å². The Morgan fingerprint density at radius 1 is 1.00 bits per heavy atom. The zero-order valence-electron chi connectivity index (χ0n) is 17.9. The summed E-state index contributed by atoms with van der Waals surface area (Å²) < 4.78 is 26.3. The molecule has 2 aliphatic rings. The average Bonchev–Trinajstić information content (AvgIpc) is 2.79. The number of thioether (sulfide) groups is 1. The van der Waals surface area contributed by atoms with Crippen LogP contribution in [0.2, 0.25) is 0 Å². The van der Waals surface area contributed by atoms with Crippen molar-refractivity contribution in [3.8, 4) is 0 Å². The highest BCUT2D eigenvalue weighted by Gasteiger charge is 2.27. The van der Waals surface area contributed by atoms with E-state index in [0.717, 1.165) is 36.0 Å². The van der Waals surface area contributed by atoms with Crippen LogP contribution in [0.1, 0.15) is 0 Å². The molecule has 0 radical (unpaired) electrons. The molecule has 2 aromatic rings. The van der Waals surface area contributed by atoms with Gasteiger partial charge in [-0.3, -0.25) is 4.79 Å². The zero-order chi connectivity index (χ0) is 22.0. The van der Waals surface area contributed by atoms with Gasteiger partial charge in [0.05, 0.1) is 17.1 Å². The van der Waals surface area contributed by atoms with Gasteiger partial charge in [0.2, 0.25) is 15.9 Å². The number of rotatable bonds is 5. The number of sulfonamides is 1. The maximum absolute atomic E-state index is 13.0. The molecule has 0 saturated carbocycles. The third-order valence-corrected chi connectivity index (χ3v) is 8.60. The average molecular weight is 461 g/mol. The van der Waals surface area contributed by atoms with Gasteiger partial charge in [-0.05, 0) is 30.3 Å². The standard InChI is InChI=1S/C22H28N4O3S2/c1-23(2)31(28,29)19-8-9-21-20(16-19)26(14-15-30-21)17-22(27)25-12-10-24(11-13-25)18-6-4-3-5-7-18/h3-9,16H,10-15,17H2,1-2H3. The smallest absolute Gasteiger partial charge is 0.242 e. The van der Waals surface area contributed by atoms with E-state index in [-0.39, 0.29) is 17.3 Å². The summed E-state index contributed by atoms with van der Waals surface area (Å²) in [5.41, 5.74) is 2.02. The first-order valence-corrected chi connectivity index (χ1v) is 12.8. The molecule has 0 atom stereocenters. The molecule has 2 heterocycles. The molecule has 0 bridgehead atoms. The molecule has 7 nitrogen and oxygen atoms in total. The Balaban J connectivity index is 1.44. The lowest BCUT2D eigenvalue weighted by Crippen LogP contribution is -2.51. The van der Waals surface area contributed by atoms with E-state index in [1.54, 1.807) is 23.9 Å². The molecular formula is C22H28N4O3S2. The quantitative estimate of drug-likeness (QED) is 0.682. The predicted molar refractivity (Wildman–Crippen MR) is 125 cm³/mol. The molecule has 2 aliphatic heterocycles. The monoisotopic (exact) mass is 460 g/mol. The van der Waals surface area contributed by atoms with Gasteiger partial charge in [-0.2, -0.15) is 0 Å². The minimum absolute atomic E-state index is 0.0893. The minimum Gasteiger partial charge on any atom is -0.368 e. The number of carbonyl (C=O) groups excluding carboxylic acids is 1. The highest BCUT2D eigenvalue weighted by Crippen LogP contribution is 2.36. The first-order chi connectivity index (χ1) is 14.9. The summed E-state index contributed by atoms with van der Waals surface area (Å²) in [6, 6.07) is 15.5. The van der Waals surface area contributed by atoms with Gasteiger partial charge in [0.1, 0.15) is 0 Å². The summed E-state index contributed by atoms with van der Waals surface area (Å²) in [4.78, 5) is 20.6. The largest absolute Gasteiger partial charge is 0.368 e. The number of hydrogen-bond acceptors (Lipinski definition) is 6. The molecule has 31 heavy (non-hydrogen) atoms. The van der Waals surface area contributed by atoms with E-state index in [4.69, 9.17) is 0 Å². The van der Waals surface area contributed by atoms with E-state index in [9.17, 15) is 13.2 Å². The maximum atomic E-state index is 13.0. The van der Waals surface area contributed by atoms with Crippen LogP contribution in [-0.4, -0.2) is 82.6 Å². The molecule has 0 spiro atoms. The normalized spacial score (nSPS) is 17.1. The maximum Gasteiger partial charge on any atom is 0.242 e. The third-order valence-electron chi connectivity index (χ3n) is 5.75. The summed E-state index contributed by atoms with van der Waals surface area (Å²) in [5, 5.41) is 0. The molecule has 1 fully saturated rings. The van der Waals surface area contributed by atoms with Crippen LogP contribution in [0.25, 0.3) is 0 Å². The van der Waals surface area contributed by atoms with Gasteiger partial charge < -0.3 is 14.7 Å². The summed E-state index contributed by atoms with van der Waals surface area (Å²) in [7, 11) is -0.463. The van der Waals surface area contributed by atoms with E-state index in [0.29, 0.717) is 13.1 Å². The second-order valence-electron chi connectivity index (χ2n) is 7.89. The van der Waals surface area contributed by atoms with Crippen LogP contribution in [0.15, 0.2) is 58.3 Å². The van der Waals surface area contributed by atoms with Crippen molar-refractivity contribution >= 4 is 39.1 Å². The van der Waals surface area contributed by atoms with Crippen LogP contribution in [-0.2, 0) is 14.8 Å². The Bertz CT molecular complexity index is 1040. The van der Waals surface area contributed by atoms with E-state index in [1.165, 1.54) is 24.1 Å². The van der Waals surface area contributed by atoms with E-state index < -0.39 is 10.0 Å². The Morgan fingerprint density at radius 3 is 2.39 bits per heavy atom. The molecule has 166 valence electrons. The van der Waals surface area contributed by atoms with Crippen molar-refractivity contribution in [2.75, 3.05) is 68.9 Å². The summed E-state index contributed by atoms with van der Waals surface area (Å²) in [6.07, 6.45) is 0. The summed E-state index contributed by atoms with van der Waals surface area (Å²) >= 11 is 1.70. The number of nitrogens with zero attached hydrogens (tertiary/aromatic N) is 4. The Morgan fingerprint density at radius 2 is 1.71 bits per heavy atom. The molecule has 0 N–H and O–H groups in total. The number of anilines is 2. The predicted octanol–water partition coefficient (Wildman–Crippen LogP) is 2.20. The van der Waals surface area contributed by atoms with Crippen molar-refractivity contribution in [2.45, 2.75) is 9.79 Å². The Hall–Kier alpha value is -2.23. The fourth-order valence-electron chi connectivity index (χ4n) is 3.90. The van der Waals surface area contributed by atoms with Crippen LogP contribution in [0.3, 0.4) is 0 Å². The van der Waals surface area contributed by atoms with Gasteiger partial charge in [-0.25, -0.2) is 12.7 Å². The lowest BCUT2D eigenvalue weighted by Gasteiger charge is -2.38. The molecule has 0 aliphatic carbocycles. The molecule has 0 unspecified atom stereocenters. The lowest BCUT2D eigenvalue weighted by molar-refractivity contribution is -0.130. The third kappa shape index (κ3) is 4.68. The molecule has 1 saturated heterocycles. The van der Waals surface area contributed by atoms with Crippen molar-refractivity contribution in [3.05, 3.63) is 48.5 Å². The van der Waals surface area contributed by atoms with Crippen LogP contribution in [0, 0.1) is 0 Å².